The van der Waals surface area contributed by atoms with Crippen LogP contribution in [0, 0.1) is 12.8 Å². The Morgan fingerprint density at radius 2 is 1.81 bits per heavy atom. The summed E-state index contributed by atoms with van der Waals surface area (Å²) < 4.78 is 26.8. The van der Waals surface area contributed by atoms with Gasteiger partial charge in [-0.15, -0.1) is 0 Å². The van der Waals surface area contributed by atoms with Crippen molar-refractivity contribution in [3.63, 3.8) is 0 Å². The van der Waals surface area contributed by atoms with Crippen molar-refractivity contribution in [2.75, 3.05) is 30.7 Å². The van der Waals surface area contributed by atoms with Gasteiger partial charge in [-0.25, -0.2) is 17.7 Å². The summed E-state index contributed by atoms with van der Waals surface area (Å²) in [6.45, 7) is 3.93. The van der Waals surface area contributed by atoms with Gasteiger partial charge in [0.1, 0.15) is 5.82 Å². The van der Waals surface area contributed by atoms with Gasteiger partial charge in [0.25, 0.3) is 0 Å². The highest BCUT2D eigenvalue weighted by Crippen LogP contribution is 2.21. The first-order valence-electron chi connectivity index (χ1n) is 9.08. The summed E-state index contributed by atoms with van der Waals surface area (Å²) in [6, 6.07) is 9.78. The van der Waals surface area contributed by atoms with E-state index in [1.54, 1.807) is 16.7 Å². The first-order valence-corrected chi connectivity index (χ1v) is 10.7. The van der Waals surface area contributed by atoms with E-state index in [9.17, 15) is 8.42 Å². The molecule has 1 aromatic heterocycles. The van der Waals surface area contributed by atoms with Crippen LogP contribution in [0.4, 0.5) is 5.82 Å². The van der Waals surface area contributed by atoms with Gasteiger partial charge < -0.3 is 5.32 Å². The van der Waals surface area contributed by atoms with E-state index in [-0.39, 0.29) is 5.75 Å². The summed E-state index contributed by atoms with van der Waals surface area (Å²) >= 11 is 0. The van der Waals surface area contributed by atoms with Gasteiger partial charge in [0.05, 0.1) is 11.4 Å². The van der Waals surface area contributed by atoms with Gasteiger partial charge in [-0.2, -0.15) is 0 Å². The van der Waals surface area contributed by atoms with Crippen LogP contribution in [0.1, 0.15) is 24.1 Å². The van der Waals surface area contributed by atoms with Crippen LogP contribution in [0.3, 0.4) is 0 Å². The van der Waals surface area contributed by atoms with Crippen LogP contribution in [0.15, 0.2) is 42.7 Å². The Balaban J connectivity index is 1.46. The summed E-state index contributed by atoms with van der Waals surface area (Å²) in [5.74, 6) is 1.45. The van der Waals surface area contributed by atoms with Gasteiger partial charge in [-0.1, -0.05) is 30.3 Å². The fourth-order valence-corrected chi connectivity index (χ4v) is 4.75. The van der Waals surface area contributed by atoms with Crippen LogP contribution in [-0.4, -0.2) is 48.1 Å². The normalized spacial score (nSPS) is 16.5. The van der Waals surface area contributed by atoms with E-state index in [4.69, 9.17) is 0 Å². The molecule has 0 atom stereocenters. The second-order valence-corrected chi connectivity index (χ2v) is 8.85. The molecule has 1 saturated heterocycles. The molecular weight excluding hydrogens is 348 g/mol. The minimum Gasteiger partial charge on any atom is -0.368 e. The number of sulfonamides is 1. The number of aromatic nitrogens is 2. The molecule has 0 unspecified atom stereocenters. The van der Waals surface area contributed by atoms with Gasteiger partial charge in [0.2, 0.25) is 10.0 Å². The fraction of sp³-hybridized carbons (Fsp3) is 0.474. The number of hydrogen-bond acceptors (Lipinski definition) is 5. The van der Waals surface area contributed by atoms with Crippen LogP contribution in [0.25, 0.3) is 0 Å². The molecule has 2 aromatic rings. The molecule has 3 rings (SSSR count). The van der Waals surface area contributed by atoms with Gasteiger partial charge in [-0.3, -0.25) is 4.98 Å². The van der Waals surface area contributed by atoms with Gasteiger partial charge in [0.15, 0.2) is 0 Å². The van der Waals surface area contributed by atoms with Crippen molar-refractivity contribution in [1.29, 1.82) is 0 Å². The Bertz CT molecular complexity index is 803. The second kappa shape index (κ2) is 8.60. The predicted molar refractivity (Wildman–Crippen MR) is 103 cm³/mol. The average Bonchev–Trinajstić information content (AvgIpc) is 2.67. The molecule has 1 aliphatic heterocycles. The molecule has 6 nitrogen and oxygen atoms in total. The van der Waals surface area contributed by atoms with E-state index in [2.05, 4.69) is 15.3 Å². The van der Waals surface area contributed by atoms with E-state index < -0.39 is 10.0 Å². The fourth-order valence-electron chi connectivity index (χ4n) is 3.23. The van der Waals surface area contributed by atoms with E-state index in [1.807, 2.05) is 37.3 Å². The van der Waals surface area contributed by atoms with E-state index in [1.165, 1.54) is 0 Å². The summed E-state index contributed by atoms with van der Waals surface area (Å²) in [5.41, 5.74) is 1.95. The molecule has 26 heavy (non-hydrogen) atoms. The lowest BCUT2D eigenvalue weighted by Crippen LogP contribution is -2.41. The second-order valence-electron chi connectivity index (χ2n) is 6.77. The summed E-state index contributed by atoms with van der Waals surface area (Å²) in [4.78, 5) is 8.51. The largest absolute Gasteiger partial charge is 0.368 e. The maximum Gasteiger partial charge on any atom is 0.214 e. The average molecular weight is 375 g/mol. The first kappa shape index (κ1) is 18.8. The van der Waals surface area contributed by atoms with Crippen molar-refractivity contribution in [1.82, 2.24) is 14.3 Å². The maximum atomic E-state index is 12.6. The SMILES string of the molecule is Cc1nccnc1NCC1CCN(S(=O)(=O)CCc2ccccc2)CC1. The van der Waals surface area contributed by atoms with Crippen molar-refractivity contribution < 1.29 is 8.42 Å². The highest BCUT2D eigenvalue weighted by atomic mass is 32.2. The quantitative estimate of drug-likeness (QED) is 0.806. The molecule has 0 bridgehead atoms. The van der Waals surface area contributed by atoms with Crippen molar-refractivity contribution >= 4 is 15.8 Å². The summed E-state index contributed by atoms with van der Waals surface area (Å²) in [6.07, 6.45) is 5.67. The first-order chi connectivity index (χ1) is 12.5. The van der Waals surface area contributed by atoms with Crippen molar-refractivity contribution in [3.8, 4) is 0 Å². The van der Waals surface area contributed by atoms with Gasteiger partial charge in [0, 0.05) is 32.0 Å². The van der Waals surface area contributed by atoms with Crippen LogP contribution in [0.2, 0.25) is 0 Å². The van der Waals surface area contributed by atoms with Crippen LogP contribution < -0.4 is 5.32 Å². The lowest BCUT2D eigenvalue weighted by Gasteiger charge is -2.31. The molecule has 0 saturated carbocycles. The van der Waals surface area contributed by atoms with Crippen molar-refractivity contribution in [2.45, 2.75) is 26.2 Å². The standard InChI is InChI=1S/C19H26N4O2S/c1-16-19(21-11-10-20-16)22-15-18-7-12-23(13-8-18)26(24,25)14-9-17-5-3-2-4-6-17/h2-6,10-11,18H,7-9,12-15H2,1H3,(H,21,22). The Morgan fingerprint density at radius 3 is 2.50 bits per heavy atom. The Hall–Kier alpha value is -1.99. The monoisotopic (exact) mass is 374 g/mol. The predicted octanol–water partition coefficient (Wildman–Crippen LogP) is 2.48. The molecule has 1 aromatic carbocycles. The number of anilines is 1. The van der Waals surface area contributed by atoms with Crippen LogP contribution >= 0.6 is 0 Å². The molecule has 140 valence electrons. The van der Waals surface area contributed by atoms with E-state index in [0.29, 0.717) is 25.4 Å². The van der Waals surface area contributed by atoms with Crippen molar-refractivity contribution in [2.24, 2.45) is 5.92 Å². The molecule has 0 radical (unpaired) electrons. The van der Waals surface area contributed by atoms with Crippen LogP contribution in [-0.2, 0) is 16.4 Å². The Labute approximate surface area is 155 Å². The third-order valence-corrected chi connectivity index (χ3v) is 6.77. The molecule has 0 spiro atoms. The summed E-state index contributed by atoms with van der Waals surface area (Å²) in [7, 11) is -3.19. The highest BCUT2D eigenvalue weighted by molar-refractivity contribution is 7.89. The zero-order valence-electron chi connectivity index (χ0n) is 15.1. The molecule has 0 amide bonds. The zero-order chi connectivity index (χ0) is 18.4. The Morgan fingerprint density at radius 1 is 1.12 bits per heavy atom. The number of nitrogens with one attached hydrogen (secondary N) is 1. The number of piperidine rings is 1. The lowest BCUT2D eigenvalue weighted by atomic mass is 9.98. The third-order valence-electron chi connectivity index (χ3n) is 4.90. The molecular formula is C19H26N4O2S. The molecule has 1 N–H and O–H groups in total. The Kier molecular flexibility index (Phi) is 6.21. The summed E-state index contributed by atoms with van der Waals surface area (Å²) in [5, 5.41) is 3.34. The molecule has 2 heterocycles. The zero-order valence-corrected chi connectivity index (χ0v) is 16.0. The number of hydrogen-bond donors (Lipinski definition) is 1. The topological polar surface area (TPSA) is 75.2 Å². The van der Waals surface area contributed by atoms with Crippen molar-refractivity contribution in [3.05, 3.63) is 54.0 Å². The molecule has 7 heteroatoms. The van der Waals surface area contributed by atoms with Gasteiger partial charge in [-0.05, 0) is 37.7 Å². The van der Waals surface area contributed by atoms with Crippen LogP contribution in [0.5, 0.6) is 0 Å². The van der Waals surface area contributed by atoms with E-state index in [0.717, 1.165) is 36.5 Å². The smallest absolute Gasteiger partial charge is 0.214 e. The minimum atomic E-state index is -3.19. The number of rotatable bonds is 7. The third kappa shape index (κ3) is 5.02. The lowest BCUT2D eigenvalue weighted by molar-refractivity contribution is 0.282. The molecule has 1 aliphatic rings. The number of benzene rings is 1. The molecule has 1 fully saturated rings. The molecule has 0 aliphatic carbocycles. The van der Waals surface area contributed by atoms with E-state index >= 15 is 0 Å². The number of nitrogens with zero attached hydrogens (tertiary/aromatic N) is 3. The maximum absolute atomic E-state index is 12.6. The number of aryl methyl sites for hydroxylation is 2. The minimum absolute atomic E-state index is 0.179. The highest BCUT2D eigenvalue weighted by Gasteiger charge is 2.27. The van der Waals surface area contributed by atoms with Gasteiger partial charge >= 0.3 is 0 Å².